The summed E-state index contributed by atoms with van der Waals surface area (Å²) in [6.45, 7) is 4.48. The second-order valence-corrected chi connectivity index (χ2v) is 7.95. The SMILES string of the molecule is COc1ccc(Cl)cc1NC(=O)C[NH+](C)CC(=O)c1cc(C)n(C2CC2)c1C. The van der Waals surface area contributed by atoms with Gasteiger partial charge >= 0.3 is 0 Å². The van der Waals surface area contributed by atoms with E-state index in [4.69, 9.17) is 16.3 Å². The van der Waals surface area contributed by atoms with Crippen LogP contribution in [0.15, 0.2) is 24.3 Å². The normalized spacial score (nSPS) is 14.6. The monoisotopic (exact) mass is 404 g/mol. The van der Waals surface area contributed by atoms with E-state index in [2.05, 4.69) is 9.88 Å². The molecule has 2 N–H and O–H groups in total. The van der Waals surface area contributed by atoms with Crippen molar-refractivity contribution >= 4 is 29.0 Å². The van der Waals surface area contributed by atoms with Gasteiger partial charge in [0.25, 0.3) is 5.91 Å². The zero-order valence-corrected chi connectivity index (χ0v) is 17.5. The quantitative estimate of drug-likeness (QED) is 0.664. The maximum absolute atomic E-state index is 12.8. The Kier molecular flexibility index (Phi) is 6.10. The van der Waals surface area contributed by atoms with Crippen LogP contribution < -0.4 is 15.0 Å². The van der Waals surface area contributed by atoms with Crippen molar-refractivity contribution in [3.63, 3.8) is 0 Å². The van der Waals surface area contributed by atoms with Crippen LogP contribution in [0.5, 0.6) is 5.75 Å². The number of hydrogen-bond donors (Lipinski definition) is 2. The molecule has 150 valence electrons. The van der Waals surface area contributed by atoms with Crippen LogP contribution in [-0.2, 0) is 4.79 Å². The number of nitrogens with one attached hydrogen (secondary N) is 2. The summed E-state index contributed by atoms with van der Waals surface area (Å²) in [5.74, 6) is 0.402. The van der Waals surface area contributed by atoms with Gasteiger partial charge in [-0.1, -0.05) is 11.6 Å². The van der Waals surface area contributed by atoms with Gasteiger partial charge in [0.1, 0.15) is 12.3 Å². The summed E-state index contributed by atoms with van der Waals surface area (Å²) in [6.07, 6.45) is 2.37. The van der Waals surface area contributed by atoms with Crippen molar-refractivity contribution in [2.24, 2.45) is 0 Å². The molecule has 0 bridgehead atoms. The Morgan fingerprint density at radius 2 is 1.96 bits per heavy atom. The summed E-state index contributed by atoms with van der Waals surface area (Å²) in [4.78, 5) is 26.0. The predicted molar refractivity (Wildman–Crippen MR) is 110 cm³/mol. The van der Waals surface area contributed by atoms with Gasteiger partial charge < -0.3 is 19.5 Å². The van der Waals surface area contributed by atoms with Crippen molar-refractivity contribution in [2.75, 3.05) is 32.6 Å². The minimum atomic E-state index is -0.200. The fraction of sp³-hybridized carbons (Fsp3) is 0.429. The van der Waals surface area contributed by atoms with E-state index in [9.17, 15) is 9.59 Å². The standard InChI is InChI=1S/C21H26ClN3O3/c1-13-9-17(14(2)25(13)16-6-7-16)19(26)11-24(3)12-21(27)23-18-10-15(22)5-8-20(18)28-4/h5,8-10,16H,6-7,11-12H2,1-4H3,(H,23,27)/p+1. The summed E-state index contributed by atoms with van der Waals surface area (Å²) in [5.41, 5.74) is 3.45. The number of hydrogen-bond acceptors (Lipinski definition) is 3. The first-order valence-electron chi connectivity index (χ1n) is 9.46. The van der Waals surface area contributed by atoms with E-state index in [1.165, 1.54) is 20.0 Å². The van der Waals surface area contributed by atoms with Gasteiger partial charge in [0, 0.05) is 28.0 Å². The predicted octanol–water partition coefficient (Wildman–Crippen LogP) is 2.44. The number of aryl methyl sites for hydroxylation is 1. The molecule has 6 nitrogen and oxygen atoms in total. The summed E-state index contributed by atoms with van der Waals surface area (Å²) >= 11 is 6.00. The van der Waals surface area contributed by atoms with Crippen LogP contribution in [0.3, 0.4) is 0 Å². The summed E-state index contributed by atoms with van der Waals surface area (Å²) < 4.78 is 7.51. The average molecular weight is 405 g/mol. The topological polar surface area (TPSA) is 64.8 Å². The van der Waals surface area contributed by atoms with Crippen LogP contribution in [-0.4, -0.2) is 43.5 Å². The molecule has 0 radical (unpaired) electrons. The second-order valence-electron chi connectivity index (χ2n) is 7.51. The number of amides is 1. The molecule has 1 aliphatic rings. The number of carbonyl (C=O) groups excluding carboxylic acids is 2. The number of rotatable bonds is 8. The first-order chi connectivity index (χ1) is 13.3. The molecular formula is C21H27ClN3O3+. The molecule has 2 aromatic rings. The van der Waals surface area contributed by atoms with Gasteiger partial charge in [0.05, 0.1) is 19.8 Å². The number of benzene rings is 1. The molecule has 1 aliphatic carbocycles. The summed E-state index contributed by atoms with van der Waals surface area (Å²) in [5, 5.41) is 3.32. The molecule has 3 rings (SSSR count). The van der Waals surface area contributed by atoms with E-state index in [1.54, 1.807) is 18.2 Å². The molecule has 1 fully saturated rings. The molecular weight excluding hydrogens is 378 g/mol. The van der Waals surface area contributed by atoms with Gasteiger partial charge in [-0.25, -0.2) is 0 Å². The molecule has 1 aromatic heterocycles. The lowest BCUT2D eigenvalue weighted by Gasteiger charge is -2.15. The number of ketones is 1. The molecule has 7 heteroatoms. The number of Topliss-reactive ketones (excluding diaryl/α,β-unsaturated/α-hetero) is 1. The first kappa shape index (κ1) is 20.4. The van der Waals surface area contributed by atoms with Crippen LogP contribution in [0.2, 0.25) is 5.02 Å². The molecule has 0 spiro atoms. The number of nitrogens with zero attached hydrogens (tertiary/aromatic N) is 1. The number of quaternary nitrogens is 1. The Morgan fingerprint density at radius 1 is 1.25 bits per heavy atom. The zero-order chi connectivity index (χ0) is 20.4. The van der Waals surface area contributed by atoms with Gasteiger partial charge in [-0.3, -0.25) is 9.59 Å². The van der Waals surface area contributed by atoms with Crippen LogP contribution >= 0.6 is 11.6 Å². The second kappa shape index (κ2) is 8.37. The Balaban J connectivity index is 1.60. The molecule has 1 amide bonds. The number of methoxy groups -OCH3 is 1. The highest BCUT2D eigenvalue weighted by atomic mass is 35.5. The third-order valence-electron chi connectivity index (χ3n) is 5.06. The molecule has 0 saturated heterocycles. The molecule has 1 atom stereocenters. The Hall–Kier alpha value is -2.31. The minimum absolute atomic E-state index is 0.0608. The average Bonchev–Trinajstić information content (AvgIpc) is 3.39. The lowest BCUT2D eigenvalue weighted by Crippen LogP contribution is -3.11. The highest BCUT2D eigenvalue weighted by molar-refractivity contribution is 6.31. The minimum Gasteiger partial charge on any atom is -0.495 e. The van der Waals surface area contributed by atoms with E-state index in [-0.39, 0.29) is 24.8 Å². The molecule has 1 aromatic carbocycles. The van der Waals surface area contributed by atoms with E-state index >= 15 is 0 Å². The number of aromatic nitrogens is 1. The van der Waals surface area contributed by atoms with Gasteiger partial charge in [0.15, 0.2) is 6.54 Å². The molecule has 0 aliphatic heterocycles. The van der Waals surface area contributed by atoms with Gasteiger partial charge in [-0.05, 0) is 51.0 Å². The van der Waals surface area contributed by atoms with Crippen LogP contribution in [0, 0.1) is 13.8 Å². The summed E-state index contributed by atoms with van der Waals surface area (Å²) in [7, 11) is 3.37. The Morgan fingerprint density at radius 3 is 2.61 bits per heavy atom. The third kappa shape index (κ3) is 4.56. The number of anilines is 1. The van der Waals surface area contributed by atoms with Crippen molar-refractivity contribution < 1.29 is 19.2 Å². The molecule has 28 heavy (non-hydrogen) atoms. The van der Waals surface area contributed by atoms with Gasteiger partial charge in [0.2, 0.25) is 5.78 Å². The van der Waals surface area contributed by atoms with Crippen molar-refractivity contribution in [3.8, 4) is 5.75 Å². The van der Waals surface area contributed by atoms with Crippen molar-refractivity contribution in [2.45, 2.75) is 32.7 Å². The highest BCUT2D eigenvalue weighted by Gasteiger charge is 2.29. The van der Waals surface area contributed by atoms with Crippen LogP contribution in [0.4, 0.5) is 5.69 Å². The molecule has 1 heterocycles. The van der Waals surface area contributed by atoms with E-state index in [0.29, 0.717) is 22.5 Å². The highest BCUT2D eigenvalue weighted by Crippen LogP contribution is 2.38. The van der Waals surface area contributed by atoms with Crippen molar-refractivity contribution in [1.29, 1.82) is 0 Å². The Bertz CT molecular complexity index is 903. The Labute approximate surface area is 170 Å². The van der Waals surface area contributed by atoms with E-state index < -0.39 is 0 Å². The van der Waals surface area contributed by atoms with Crippen molar-refractivity contribution in [1.82, 2.24) is 4.57 Å². The lowest BCUT2D eigenvalue weighted by molar-refractivity contribution is -0.861. The fourth-order valence-electron chi connectivity index (χ4n) is 3.63. The van der Waals surface area contributed by atoms with Gasteiger partial charge in [-0.2, -0.15) is 0 Å². The van der Waals surface area contributed by atoms with Gasteiger partial charge in [-0.15, -0.1) is 0 Å². The van der Waals surface area contributed by atoms with Crippen LogP contribution in [0.1, 0.15) is 40.6 Å². The molecule has 1 unspecified atom stereocenters. The number of likely N-dealkylation sites (N-methyl/N-ethyl adjacent to an activating group) is 1. The largest absolute Gasteiger partial charge is 0.495 e. The van der Waals surface area contributed by atoms with E-state index in [0.717, 1.165) is 21.9 Å². The van der Waals surface area contributed by atoms with E-state index in [1.807, 2.05) is 27.0 Å². The summed E-state index contributed by atoms with van der Waals surface area (Å²) in [6, 6.07) is 7.56. The number of halogens is 1. The fourth-order valence-corrected chi connectivity index (χ4v) is 3.80. The molecule has 1 saturated carbocycles. The number of carbonyl (C=O) groups is 2. The maximum Gasteiger partial charge on any atom is 0.279 e. The zero-order valence-electron chi connectivity index (χ0n) is 16.8. The lowest BCUT2D eigenvalue weighted by atomic mass is 10.1. The maximum atomic E-state index is 12.8. The first-order valence-corrected chi connectivity index (χ1v) is 9.84. The van der Waals surface area contributed by atoms with Crippen molar-refractivity contribution in [3.05, 3.63) is 46.2 Å². The number of ether oxygens (including phenoxy) is 1. The third-order valence-corrected chi connectivity index (χ3v) is 5.29. The smallest absolute Gasteiger partial charge is 0.279 e. The van der Waals surface area contributed by atoms with Crippen LogP contribution in [0.25, 0.3) is 0 Å².